The van der Waals surface area contributed by atoms with Crippen LogP contribution in [0.5, 0.6) is 0 Å². The fraction of sp³-hybridized carbons (Fsp3) is 0.316. The predicted octanol–water partition coefficient (Wildman–Crippen LogP) is 4.59. The van der Waals surface area contributed by atoms with Crippen molar-refractivity contribution in [3.63, 3.8) is 0 Å². The summed E-state index contributed by atoms with van der Waals surface area (Å²) in [6, 6.07) is 8.94. The molecule has 26 heavy (non-hydrogen) atoms. The van der Waals surface area contributed by atoms with Crippen LogP contribution in [0.1, 0.15) is 37.5 Å². The Balaban J connectivity index is 2.96. The lowest BCUT2D eigenvalue weighted by Crippen LogP contribution is -2.27. The maximum absolute atomic E-state index is 13.4. The van der Waals surface area contributed by atoms with Crippen LogP contribution in [-0.4, -0.2) is 10.4 Å². The second-order valence-corrected chi connectivity index (χ2v) is 6.31. The van der Waals surface area contributed by atoms with Gasteiger partial charge in [0.1, 0.15) is 11.6 Å². The van der Waals surface area contributed by atoms with Gasteiger partial charge in [0.05, 0.1) is 11.3 Å². The van der Waals surface area contributed by atoms with E-state index < -0.39 is 22.9 Å². The van der Waals surface area contributed by atoms with Crippen LogP contribution in [0.4, 0.5) is 13.2 Å². The van der Waals surface area contributed by atoms with Crippen molar-refractivity contribution in [3.8, 4) is 17.3 Å². The topological polar surface area (TPSA) is 58.1 Å². The Labute approximate surface area is 149 Å². The van der Waals surface area contributed by atoms with E-state index in [2.05, 4.69) is 5.10 Å². The number of nitriles is 1. The molecule has 0 radical (unpaired) electrons. The Bertz CT molecular complexity index is 963. The average Bonchev–Trinajstić information content (AvgIpc) is 2.54. The standard InChI is InChI=1S/C19H18F3N3O/c1-11(2)13(4)24-25-17(14-7-5-6-12(3)8-14)9-16(19(20,21)22)15(10-23)18(25)26/h5-9,11H,1-4H3. The van der Waals surface area contributed by atoms with Gasteiger partial charge in [0, 0.05) is 11.3 Å². The number of aryl methyl sites for hydroxylation is 1. The quantitative estimate of drug-likeness (QED) is 0.751. The number of aromatic nitrogens is 1. The molecule has 0 unspecified atom stereocenters. The number of pyridine rings is 1. The molecule has 0 N–H and O–H groups in total. The minimum atomic E-state index is -4.82. The molecule has 0 bridgehead atoms. The van der Waals surface area contributed by atoms with Gasteiger partial charge in [0.15, 0.2) is 0 Å². The lowest BCUT2D eigenvalue weighted by Gasteiger charge is -2.16. The van der Waals surface area contributed by atoms with E-state index >= 15 is 0 Å². The highest BCUT2D eigenvalue weighted by atomic mass is 19.4. The molecule has 2 aromatic rings. The highest BCUT2D eigenvalue weighted by molar-refractivity contribution is 5.84. The SMILES string of the molecule is CC(=Nn1c(-c2cccc(C)c2)cc(C(F)(F)F)c(C#N)c1=O)C(C)C. The van der Waals surface area contributed by atoms with Gasteiger partial charge in [0.2, 0.25) is 0 Å². The van der Waals surface area contributed by atoms with Crippen molar-refractivity contribution in [2.75, 3.05) is 0 Å². The van der Waals surface area contributed by atoms with E-state index in [-0.39, 0.29) is 11.6 Å². The number of benzene rings is 1. The summed E-state index contributed by atoms with van der Waals surface area (Å²) in [7, 11) is 0. The second kappa shape index (κ2) is 7.16. The van der Waals surface area contributed by atoms with Crippen molar-refractivity contribution in [2.24, 2.45) is 11.0 Å². The molecule has 1 aromatic heterocycles. The van der Waals surface area contributed by atoms with Gasteiger partial charge in [-0.1, -0.05) is 37.6 Å². The van der Waals surface area contributed by atoms with Gasteiger partial charge in [-0.05, 0) is 31.9 Å². The molecule has 136 valence electrons. The lowest BCUT2D eigenvalue weighted by atomic mass is 10.0. The first-order valence-electron chi connectivity index (χ1n) is 7.96. The summed E-state index contributed by atoms with van der Waals surface area (Å²) >= 11 is 0. The predicted molar refractivity (Wildman–Crippen MR) is 93.9 cm³/mol. The zero-order chi connectivity index (χ0) is 19.6. The third kappa shape index (κ3) is 3.85. The number of nitrogens with zero attached hydrogens (tertiary/aromatic N) is 3. The molecule has 0 atom stereocenters. The van der Waals surface area contributed by atoms with Gasteiger partial charge in [-0.15, -0.1) is 0 Å². The van der Waals surface area contributed by atoms with Crippen LogP contribution in [-0.2, 0) is 6.18 Å². The van der Waals surface area contributed by atoms with Crippen molar-refractivity contribution in [1.82, 2.24) is 4.68 Å². The summed E-state index contributed by atoms with van der Waals surface area (Å²) in [4.78, 5) is 12.6. The van der Waals surface area contributed by atoms with Crippen molar-refractivity contribution >= 4 is 5.71 Å². The molecule has 0 aliphatic heterocycles. The van der Waals surface area contributed by atoms with Crippen molar-refractivity contribution < 1.29 is 13.2 Å². The van der Waals surface area contributed by atoms with Crippen LogP contribution in [0, 0.1) is 24.2 Å². The highest BCUT2D eigenvalue weighted by Crippen LogP contribution is 2.33. The third-order valence-electron chi connectivity index (χ3n) is 4.01. The summed E-state index contributed by atoms with van der Waals surface area (Å²) in [5.74, 6) is -0.0138. The molecule has 0 spiro atoms. The first-order chi connectivity index (χ1) is 12.1. The maximum atomic E-state index is 13.4. The van der Waals surface area contributed by atoms with Crippen molar-refractivity contribution in [1.29, 1.82) is 5.26 Å². The van der Waals surface area contributed by atoms with Crippen LogP contribution < -0.4 is 5.56 Å². The largest absolute Gasteiger partial charge is 0.417 e. The minimum absolute atomic E-state index is 0.00924. The van der Waals surface area contributed by atoms with E-state index in [1.807, 2.05) is 13.8 Å². The molecule has 2 rings (SSSR count). The van der Waals surface area contributed by atoms with Crippen LogP contribution in [0.15, 0.2) is 40.2 Å². The molecule has 0 amide bonds. The van der Waals surface area contributed by atoms with E-state index in [0.29, 0.717) is 11.3 Å². The van der Waals surface area contributed by atoms with Crippen LogP contribution >= 0.6 is 0 Å². The van der Waals surface area contributed by atoms with Crippen molar-refractivity contribution in [2.45, 2.75) is 33.9 Å². The number of rotatable bonds is 3. The molecule has 7 heteroatoms. The van der Waals surface area contributed by atoms with Crippen LogP contribution in [0.2, 0.25) is 0 Å². The first-order valence-corrected chi connectivity index (χ1v) is 7.96. The Morgan fingerprint density at radius 2 is 1.92 bits per heavy atom. The molecule has 0 aliphatic carbocycles. The van der Waals surface area contributed by atoms with Gasteiger partial charge < -0.3 is 0 Å². The zero-order valence-electron chi connectivity index (χ0n) is 14.8. The fourth-order valence-electron chi connectivity index (χ4n) is 2.31. The summed E-state index contributed by atoms with van der Waals surface area (Å²) < 4.78 is 41.0. The monoisotopic (exact) mass is 361 g/mol. The molecule has 0 saturated carbocycles. The number of alkyl halides is 3. The lowest BCUT2D eigenvalue weighted by molar-refractivity contribution is -0.137. The van der Waals surface area contributed by atoms with Crippen LogP contribution in [0.25, 0.3) is 11.3 Å². The van der Waals surface area contributed by atoms with Gasteiger partial charge in [-0.2, -0.15) is 28.2 Å². The van der Waals surface area contributed by atoms with Gasteiger partial charge in [0.25, 0.3) is 5.56 Å². The second-order valence-electron chi connectivity index (χ2n) is 6.31. The Morgan fingerprint density at radius 3 is 2.42 bits per heavy atom. The first kappa shape index (κ1) is 19.4. The normalized spacial score (nSPS) is 12.3. The van der Waals surface area contributed by atoms with Gasteiger partial charge in [-0.25, -0.2) is 0 Å². The highest BCUT2D eigenvalue weighted by Gasteiger charge is 2.36. The average molecular weight is 361 g/mol. The molecule has 1 aromatic carbocycles. The summed E-state index contributed by atoms with van der Waals surface area (Å²) in [5.41, 5.74) is -1.51. The summed E-state index contributed by atoms with van der Waals surface area (Å²) in [6.45, 7) is 7.18. The molecular weight excluding hydrogens is 343 g/mol. The van der Waals surface area contributed by atoms with Crippen molar-refractivity contribution in [3.05, 3.63) is 57.4 Å². The van der Waals surface area contributed by atoms with Crippen LogP contribution in [0.3, 0.4) is 0 Å². The Kier molecular flexibility index (Phi) is 5.36. The molecule has 0 saturated heterocycles. The Morgan fingerprint density at radius 1 is 1.27 bits per heavy atom. The van der Waals surface area contributed by atoms with E-state index in [9.17, 15) is 18.0 Å². The summed E-state index contributed by atoms with van der Waals surface area (Å²) in [6.07, 6.45) is -4.82. The third-order valence-corrected chi connectivity index (χ3v) is 4.01. The van der Waals surface area contributed by atoms with E-state index in [1.54, 1.807) is 38.1 Å². The number of halogens is 3. The fourth-order valence-corrected chi connectivity index (χ4v) is 2.31. The minimum Gasteiger partial charge on any atom is -0.266 e. The number of hydrogen-bond donors (Lipinski definition) is 0. The van der Waals surface area contributed by atoms with E-state index in [1.165, 1.54) is 6.07 Å². The molecule has 0 aliphatic rings. The smallest absolute Gasteiger partial charge is 0.266 e. The molecule has 4 nitrogen and oxygen atoms in total. The molecular formula is C19H18F3N3O. The zero-order valence-corrected chi connectivity index (χ0v) is 14.8. The molecule has 1 heterocycles. The molecule has 0 fully saturated rings. The van der Waals surface area contributed by atoms with E-state index in [0.717, 1.165) is 16.3 Å². The summed E-state index contributed by atoms with van der Waals surface area (Å²) in [5, 5.41) is 13.3. The Hall–Kier alpha value is -2.88. The van der Waals surface area contributed by atoms with Gasteiger partial charge in [-0.3, -0.25) is 4.79 Å². The number of hydrogen-bond acceptors (Lipinski definition) is 3. The maximum Gasteiger partial charge on any atom is 0.417 e. The van der Waals surface area contributed by atoms with E-state index in [4.69, 9.17) is 5.26 Å². The van der Waals surface area contributed by atoms with Gasteiger partial charge >= 0.3 is 6.18 Å².